The van der Waals surface area contributed by atoms with Gasteiger partial charge in [0.15, 0.2) is 5.82 Å². The zero-order valence-corrected chi connectivity index (χ0v) is 12.1. The van der Waals surface area contributed by atoms with Crippen LogP contribution in [0.4, 0.5) is 5.69 Å². The molecular weight excluding hydrogens is 236 g/mol. The summed E-state index contributed by atoms with van der Waals surface area (Å²) in [5.74, 6) is 2.28. The van der Waals surface area contributed by atoms with Gasteiger partial charge in [0.1, 0.15) is 5.82 Å². The van der Waals surface area contributed by atoms with Gasteiger partial charge in [-0.2, -0.15) is 5.10 Å². The second-order valence-electron chi connectivity index (χ2n) is 5.50. The van der Waals surface area contributed by atoms with Crippen LogP contribution in [0, 0.1) is 12.8 Å². The summed E-state index contributed by atoms with van der Waals surface area (Å²) in [4.78, 5) is 4.36. The number of nitrogens with zero attached hydrogens (tertiary/aromatic N) is 2. The first kappa shape index (κ1) is 13.6. The summed E-state index contributed by atoms with van der Waals surface area (Å²) in [6.45, 7) is 8.60. The zero-order chi connectivity index (χ0) is 13.8. The van der Waals surface area contributed by atoms with E-state index in [-0.39, 0.29) is 0 Å². The maximum Gasteiger partial charge on any atom is 0.181 e. The molecule has 1 aromatic carbocycles. The lowest BCUT2D eigenvalue weighted by molar-refractivity contribution is 0.540. The van der Waals surface area contributed by atoms with Crippen LogP contribution in [-0.2, 0) is 0 Å². The normalized spacial score (nSPS) is 12.7. The first-order valence-electron chi connectivity index (χ1n) is 6.80. The van der Waals surface area contributed by atoms with Gasteiger partial charge >= 0.3 is 0 Å². The number of hydrogen-bond acceptors (Lipinski definition) is 3. The Bertz CT molecular complexity index is 530. The maximum atomic E-state index is 4.36. The van der Waals surface area contributed by atoms with Crippen LogP contribution in [0.3, 0.4) is 0 Å². The van der Waals surface area contributed by atoms with Crippen molar-refractivity contribution in [3.8, 4) is 11.4 Å². The fourth-order valence-corrected chi connectivity index (χ4v) is 2.27. The molecule has 2 rings (SSSR count). The van der Waals surface area contributed by atoms with E-state index in [9.17, 15) is 0 Å². The third-order valence-corrected chi connectivity index (χ3v) is 2.96. The fourth-order valence-electron chi connectivity index (χ4n) is 2.27. The van der Waals surface area contributed by atoms with Gasteiger partial charge in [-0.1, -0.05) is 26.0 Å². The Morgan fingerprint density at radius 2 is 2.05 bits per heavy atom. The highest BCUT2D eigenvalue weighted by Gasteiger charge is 2.07. The van der Waals surface area contributed by atoms with E-state index in [1.165, 1.54) is 0 Å². The number of nitrogens with one attached hydrogen (secondary N) is 2. The molecule has 0 aliphatic carbocycles. The Hall–Kier alpha value is -1.84. The third-order valence-electron chi connectivity index (χ3n) is 2.96. The lowest BCUT2D eigenvalue weighted by atomic mass is 10.0. The molecule has 0 saturated heterocycles. The Morgan fingerprint density at radius 1 is 1.26 bits per heavy atom. The number of rotatable bonds is 5. The van der Waals surface area contributed by atoms with Gasteiger partial charge in [0.25, 0.3) is 0 Å². The second-order valence-corrected chi connectivity index (χ2v) is 5.50. The summed E-state index contributed by atoms with van der Waals surface area (Å²) in [5, 5.41) is 10.6. The molecule has 0 spiro atoms. The average Bonchev–Trinajstić information content (AvgIpc) is 2.75. The van der Waals surface area contributed by atoms with Crippen LogP contribution >= 0.6 is 0 Å². The molecule has 2 N–H and O–H groups in total. The molecule has 0 aliphatic heterocycles. The van der Waals surface area contributed by atoms with E-state index in [4.69, 9.17) is 0 Å². The summed E-state index contributed by atoms with van der Waals surface area (Å²) < 4.78 is 0. The summed E-state index contributed by atoms with van der Waals surface area (Å²) in [6, 6.07) is 8.70. The molecule has 0 saturated carbocycles. The van der Waals surface area contributed by atoms with Gasteiger partial charge in [-0.3, -0.25) is 5.10 Å². The lowest BCUT2D eigenvalue weighted by Gasteiger charge is -2.17. The smallest absolute Gasteiger partial charge is 0.181 e. The van der Waals surface area contributed by atoms with Gasteiger partial charge < -0.3 is 5.32 Å². The standard InChI is InChI=1S/C15H22N4/c1-10(2)8-11(3)16-14-7-5-6-13(9-14)15-17-12(4)18-19-15/h5-7,9-11,16H,8H2,1-4H3,(H,17,18,19). The van der Waals surface area contributed by atoms with E-state index >= 15 is 0 Å². The monoisotopic (exact) mass is 258 g/mol. The lowest BCUT2D eigenvalue weighted by Crippen LogP contribution is -2.17. The number of anilines is 1. The van der Waals surface area contributed by atoms with Gasteiger partial charge in [-0.05, 0) is 38.3 Å². The topological polar surface area (TPSA) is 53.6 Å². The van der Waals surface area contributed by atoms with Crippen LogP contribution in [0.15, 0.2) is 24.3 Å². The highest BCUT2D eigenvalue weighted by Crippen LogP contribution is 2.20. The van der Waals surface area contributed by atoms with Crippen molar-refractivity contribution >= 4 is 5.69 Å². The molecule has 1 unspecified atom stereocenters. The molecular formula is C15H22N4. The minimum absolute atomic E-state index is 0.462. The largest absolute Gasteiger partial charge is 0.383 e. The van der Waals surface area contributed by atoms with Crippen molar-refractivity contribution in [3.05, 3.63) is 30.1 Å². The van der Waals surface area contributed by atoms with Gasteiger partial charge in [0, 0.05) is 17.3 Å². The van der Waals surface area contributed by atoms with Crippen LogP contribution in [0.2, 0.25) is 0 Å². The highest BCUT2D eigenvalue weighted by atomic mass is 15.2. The summed E-state index contributed by atoms with van der Waals surface area (Å²) in [5.41, 5.74) is 2.15. The Morgan fingerprint density at radius 3 is 2.68 bits per heavy atom. The van der Waals surface area contributed by atoms with Crippen molar-refractivity contribution in [2.24, 2.45) is 5.92 Å². The molecule has 102 valence electrons. The van der Waals surface area contributed by atoms with Crippen molar-refractivity contribution < 1.29 is 0 Å². The Kier molecular flexibility index (Phi) is 4.20. The van der Waals surface area contributed by atoms with Crippen molar-refractivity contribution in [1.82, 2.24) is 15.2 Å². The molecule has 0 fully saturated rings. The van der Waals surface area contributed by atoms with Gasteiger partial charge in [-0.25, -0.2) is 4.98 Å². The third kappa shape index (κ3) is 3.81. The number of hydrogen-bond donors (Lipinski definition) is 2. The summed E-state index contributed by atoms with van der Waals surface area (Å²) in [6.07, 6.45) is 1.16. The summed E-state index contributed by atoms with van der Waals surface area (Å²) >= 11 is 0. The molecule has 0 amide bonds. The quantitative estimate of drug-likeness (QED) is 0.861. The van der Waals surface area contributed by atoms with E-state index in [2.05, 4.69) is 53.4 Å². The Balaban J connectivity index is 2.11. The van der Waals surface area contributed by atoms with Gasteiger partial charge in [0.05, 0.1) is 0 Å². The number of aryl methyl sites for hydroxylation is 1. The molecule has 0 radical (unpaired) electrons. The van der Waals surface area contributed by atoms with Crippen molar-refractivity contribution in [1.29, 1.82) is 0 Å². The van der Waals surface area contributed by atoms with Crippen LogP contribution < -0.4 is 5.32 Å². The number of H-pyrrole nitrogens is 1. The number of aromatic nitrogens is 3. The molecule has 1 heterocycles. The van der Waals surface area contributed by atoms with E-state index < -0.39 is 0 Å². The first-order valence-corrected chi connectivity index (χ1v) is 6.80. The zero-order valence-electron chi connectivity index (χ0n) is 12.1. The molecule has 19 heavy (non-hydrogen) atoms. The SMILES string of the molecule is Cc1nc(-c2cccc(NC(C)CC(C)C)c2)n[nH]1. The predicted octanol–water partition coefficient (Wildman–Crippen LogP) is 3.63. The van der Waals surface area contributed by atoms with Crippen LogP contribution in [-0.4, -0.2) is 21.2 Å². The molecule has 1 atom stereocenters. The van der Waals surface area contributed by atoms with E-state index in [1.54, 1.807) is 0 Å². The Labute approximate surface area is 114 Å². The molecule has 0 bridgehead atoms. The van der Waals surface area contributed by atoms with Gasteiger partial charge in [-0.15, -0.1) is 0 Å². The molecule has 4 heteroatoms. The van der Waals surface area contributed by atoms with E-state index in [1.807, 2.05) is 19.1 Å². The van der Waals surface area contributed by atoms with E-state index in [0.29, 0.717) is 12.0 Å². The van der Waals surface area contributed by atoms with E-state index in [0.717, 1.165) is 29.3 Å². The first-order chi connectivity index (χ1) is 9.04. The molecule has 0 aliphatic rings. The average molecular weight is 258 g/mol. The van der Waals surface area contributed by atoms with Gasteiger partial charge in [0.2, 0.25) is 0 Å². The maximum absolute atomic E-state index is 4.36. The fraction of sp³-hybridized carbons (Fsp3) is 0.467. The van der Waals surface area contributed by atoms with Crippen molar-refractivity contribution in [3.63, 3.8) is 0 Å². The predicted molar refractivity (Wildman–Crippen MR) is 79.1 cm³/mol. The summed E-state index contributed by atoms with van der Waals surface area (Å²) in [7, 11) is 0. The van der Waals surface area contributed by atoms with Crippen LogP contribution in [0.5, 0.6) is 0 Å². The minimum Gasteiger partial charge on any atom is -0.383 e. The molecule has 1 aromatic heterocycles. The molecule has 4 nitrogen and oxygen atoms in total. The van der Waals surface area contributed by atoms with Crippen molar-refractivity contribution in [2.45, 2.75) is 40.2 Å². The number of aromatic amines is 1. The highest BCUT2D eigenvalue weighted by molar-refractivity contribution is 5.62. The van der Waals surface area contributed by atoms with Crippen LogP contribution in [0.1, 0.15) is 33.0 Å². The minimum atomic E-state index is 0.462. The number of benzene rings is 1. The van der Waals surface area contributed by atoms with Crippen LogP contribution in [0.25, 0.3) is 11.4 Å². The van der Waals surface area contributed by atoms with Crippen molar-refractivity contribution in [2.75, 3.05) is 5.32 Å². The molecule has 2 aromatic rings. The second kappa shape index (κ2) is 5.87.